The van der Waals surface area contributed by atoms with Gasteiger partial charge in [-0.3, -0.25) is 9.52 Å². The SMILES string of the molecule is O=C(Nc1ccccc1OC(F)F)c1cccc(NS(=O)(=O)c2cc(Cl)ccc2Cl)c1. The minimum Gasteiger partial charge on any atom is -0.433 e. The van der Waals surface area contributed by atoms with Crippen molar-refractivity contribution < 1.29 is 26.7 Å². The normalized spacial score (nSPS) is 11.3. The van der Waals surface area contributed by atoms with E-state index in [1.54, 1.807) is 0 Å². The molecule has 11 heteroatoms. The van der Waals surface area contributed by atoms with Gasteiger partial charge < -0.3 is 10.1 Å². The van der Waals surface area contributed by atoms with Gasteiger partial charge in [0.15, 0.2) is 0 Å². The summed E-state index contributed by atoms with van der Waals surface area (Å²) in [6.45, 7) is -3.06. The summed E-state index contributed by atoms with van der Waals surface area (Å²) in [5.74, 6) is -0.870. The van der Waals surface area contributed by atoms with Crippen LogP contribution in [0.3, 0.4) is 0 Å². The van der Waals surface area contributed by atoms with Gasteiger partial charge in [-0.15, -0.1) is 0 Å². The summed E-state index contributed by atoms with van der Waals surface area (Å²) in [5.41, 5.74) is 0.189. The monoisotopic (exact) mass is 486 g/mol. The maximum atomic E-state index is 12.7. The van der Waals surface area contributed by atoms with Crippen LogP contribution in [0, 0.1) is 0 Å². The molecule has 0 saturated heterocycles. The molecule has 0 fully saturated rings. The number of carbonyl (C=O) groups is 1. The van der Waals surface area contributed by atoms with Crippen LogP contribution in [-0.2, 0) is 10.0 Å². The summed E-state index contributed by atoms with van der Waals surface area (Å²) >= 11 is 11.8. The quantitative estimate of drug-likeness (QED) is 0.451. The number of nitrogens with one attached hydrogen (secondary N) is 2. The van der Waals surface area contributed by atoms with Gasteiger partial charge in [-0.25, -0.2) is 8.42 Å². The van der Waals surface area contributed by atoms with Gasteiger partial charge in [0, 0.05) is 16.3 Å². The van der Waals surface area contributed by atoms with Crippen LogP contribution in [-0.4, -0.2) is 20.9 Å². The second kappa shape index (κ2) is 9.51. The second-order valence-electron chi connectivity index (χ2n) is 6.09. The number of benzene rings is 3. The van der Waals surface area contributed by atoms with Crippen molar-refractivity contribution >= 4 is 50.5 Å². The van der Waals surface area contributed by atoms with E-state index in [1.807, 2.05) is 0 Å². The number of amides is 1. The molecule has 0 heterocycles. The highest BCUT2D eigenvalue weighted by atomic mass is 35.5. The zero-order chi connectivity index (χ0) is 22.6. The summed E-state index contributed by atoms with van der Waals surface area (Å²) in [6.07, 6.45) is 0. The van der Waals surface area contributed by atoms with Crippen LogP contribution >= 0.6 is 23.2 Å². The van der Waals surface area contributed by atoms with Crippen LogP contribution in [0.15, 0.2) is 71.6 Å². The fourth-order valence-corrected chi connectivity index (χ4v) is 4.39. The molecule has 0 unspecified atom stereocenters. The van der Waals surface area contributed by atoms with E-state index in [2.05, 4.69) is 14.8 Å². The first kappa shape index (κ1) is 22.8. The first-order chi connectivity index (χ1) is 14.7. The highest BCUT2D eigenvalue weighted by Gasteiger charge is 2.19. The predicted molar refractivity (Wildman–Crippen MR) is 115 cm³/mol. The van der Waals surface area contributed by atoms with Crippen LogP contribution in [0.1, 0.15) is 10.4 Å². The van der Waals surface area contributed by atoms with Crippen LogP contribution in [0.2, 0.25) is 10.0 Å². The molecule has 0 spiro atoms. The Morgan fingerprint density at radius 2 is 1.71 bits per heavy atom. The van der Waals surface area contributed by atoms with Crippen molar-refractivity contribution in [2.24, 2.45) is 0 Å². The fraction of sp³-hybridized carbons (Fsp3) is 0.0500. The molecule has 31 heavy (non-hydrogen) atoms. The number of ether oxygens (including phenoxy) is 1. The molecule has 3 rings (SSSR count). The van der Waals surface area contributed by atoms with E-state index >= 15 is 0 Å². The largest absolute Gasteiger partial charge is 0.433 e. The van der Waals surface area contributed by atoms with E-state index in [0.717, 1.165) is 0 Å². The number of carbonyl (C=O) groups excluding carboxylic acids is 1. The van der Waals surface area contributed by atoms with Gasteiger partial charge in [0.05, 0.1) is 10.7 Å². The number of rotatable bonds is 7. The smallest absolute Gasteiger partial charge is 0.387 e. The molecule has 0 atom stereocenters. The molecule has 0 aliphatic carbocycles. The highest BCUT2D eigenvalue weighted by molar-refractivity contribution is 7.92. The van der Waals surface area contributed by atoms with Gasteiger partial charge >= 0.3 is 6.61 Å². The van der Waals surface area contributed by atoms with E-state index < -0.39 is 22.5 Å². The third-order valence-electron chi connectivity index (χ3n) is 3.91. The van der Waals surface area contributed by atoms with E-state index in [1.165, 1.54) is 66.7 Å². The Kier molecular flexibility index (Phi) is 6.99. The number of sulfonamides is 1. The number of halogens is 4. The lowest BCUT2D eigenvalue weighted by Gasteiger charge is -2.13. The van der Waals surface area contributed by atoms with Crippen LogP contribution in [0.5, 0.6) is 5.75 Å². The molecule has 0 aliphatic heterocycles. The summed E-state index contributed by atoms with van der Waals surface area (Å²) in [5, 5.41) is 2.61. The Bertz CT molecular complexity index is 1220. The number of hydrogen-bond donors (Lipinski definition) is 2. The number of hydrogen-bond acceptors (Lipinski definition) is 4. The topological polar surface area (TPSA) is 84.5 Å². The van der Waals surface area contributed by atoms with Crippen molar-refractivity contribution in [3.8, 4) is 5.75 Å². The van der Waals surface area contributed by atoms with Gasteiger partial charge in [0.2, 0.25) is 0 Å². The maximum absolute atomic E-state index is 12.7. The van der Waals surface area contributed by atoms with Gasteiger partial charge in [0.25, 0.3) is 15.9 Å². The molecule has 0 saturated carbocycles. The lowest BCUT2D eigenvalue weighted by Crippen LogP contribution is -2.16. The molecule has 2 N–H and O–H groups in total. The van der Waals surface area contributed by atoms with Crippen molar-refractivity contribution in [1.82, 2.24) is 0 Å². The van der Waals surface area contributed by atoms with Crippen molar-refractivity contribution in [2.45, 2.75) is 11.5 Å². The second-order valence-corrected chi connectivity index (χ2v) is 8.58. The highest BCUT2D eigenvalue weighted by Crippen LogP contribution is 2.28. The zero-order valence-corrected chi connectivity index (χ0v) is 17.8. The summed E-state index contributed by atoms with van der Waals surface area (Å²) in [6, 6.07) is 15.3. The van der Waals surface area contributed by atoms with Crippen molar-refractivity contribution in [1.29, 1.82) is 0 Å². The third kappa shape index (κ3) is 5.84. The zero-order valence-electron chi connectivity index (χ0n) is 15.5. The van der Waals surface area contributed by atoms with E-state index in [4.69, 9.17) is 23.2 Å². The standard InChI is InChI=1S/C20H14Cl2F2N2O4S/c21-13-8-9-15(22)18(11-13)31(28,29)26-14-5-3-4-12(10-14)19(27)25-16-6-1-2-7-17(16)30-20(23)24/h1-11,20,26H,(H,25,27). The van der Waals surface area contributed by atoms with Gasteiger partial charge in [-0.2, -0.15) is 8.78 Å². The van der Waals surface area contributed by atoms with Crippen LogP contribution in [0.4, 0.5) is 20.2 Å². The fourth-order valence-electron chi connectivity index (χ4n) is 2.58. The molecule has 0 bridgehead atoms. The molecule has 1 amide bonds. The molecule has 0 aromatic heterocycles. The summed E-state index contributed by atoms with van der Waals surface area (Å²) in [4.78, 5) is 12.3. The van der Waals surface area contributed by atoms with Crippen molar-refractivity contribution in [3.63, 3.8) is 0 Å². The van der Waals surface area contributed by atoms with Crippen molar-refractivity contribution in [3.05, 3.63) is 82.3 Å². The van der Waals surface area contributed by atoms with E-state index in [-0.39, 0.29) is 37.6 Å². The first-order valence-electron chi connectivity index (χ1n) is 8.59. The Morgan fingerprint density at radius 3 is 2.45 bits per heavy atom. The van der Waals surface area contributed by atoms with Crippen LogP contribution in [0.25, 0.3) is 0 Å². The minimum atomic E-state index is -4.09. The average Bonchev–Trinajstić information content (AvgIpc) is 2.70. The van der Waals surface area contributed by atoms with E-state index in [9.17, 15) is 22.0 Å². The molecule has 0 radical (unpaired) electrons. The summed E-state index contributed by atoms with van der Waals surface area (Å²) in [7, 11) is -4.09. The number of para-hydroxylation sites is 2. The van der Waals surface area contributed by atoms with Gasteiger partial charge in [-0.1, -0.05) is 41.4 Å². The molecule has 0 aliphatic rings. The molecule has 162 valence electrons. The Hall–Kier alpha value is -2.88. The number of alkyl halides is 2. The average molecular weight is 487 g/mol. The molecule has 6 nitrogen and oxygen atoms in total. The van der Waals surface area contributed by atoms with E-state index in [0.29, 0.717) is 0 Å². The molecular formula is C20H14Cl2F2N2O4S. The molecular weight excluding hydrogens is 473 g/mol. The van der Waals surface area contributed by atoms with Crippen LogP contribution < -0.4 is 14.8 Å². The lowest BCUT2D eigenvalue weighted by molar-refractivity contribution is -0.0493. The van der Waals surface area contributed by atoms with Gasteiger partial charge in [0.1, 0.15) is 10.6 Å². The maximum Gasteiger partial charge on any atom is 0.387 e. The predicted octanol–water partition coefficient (Wildman–Crippen LogP) is 5.65. The Morgan fingerprint density at radius 1 is 0.968 bits per heavy atom. The minimum absolute atomic E-state index is 0.0264. The Labute approximate surface area is 186 Å². The van der Waals surface area contributed by atoms with Gasteiger partial charge in [-0.05, 0) is 48.5 Å². The Balaban J connectivity index is 1.82. The third-order valence-corrected chi connectivity index (χ3v) is 6.01. The number of anilines is 2. The molecule has 3 aromatic rings. The molecule has 3 aromatic carbocycles. The summed E-state index contributed by atoms with van der Waals surface area (Å²) < 4.78 is 57.1. The first-order valence-corrected chi connectivity index (χ1v) is 10.8. The lowest BCUT2D eigenvalue weighted by atomic mass is 10.2. The van der Waals surface area contributed by atoms with Crippen molar-refractivity contribution in [2.75, 3.05) is 10.0 Å².